The summed E-state index contributed by atoms with van der Waals surface area (Å²) < 4.78 is 24.7. The monoisotopic (exact) mass is 419 g/mol. The highest BCUT2D eigenvalue weighted by Crippen LogP contribution is 2.28. The Morgan fingerprint density at radius 1 is 1.14 bits per heavy atom. The number of nitrogens with zero attached hydrogens (tertiary/aromatic N) is 1. The summed E-state index contributed by atoms with van der Waals surface area (Å²) in [5.74, 6) is 0. The van der Waals surface area contributed by atoms with Crippen LogP contribution in [0.2, 0.25) is 0 Å². The van der Waals surface area contributed by atoms with Crippen LogP contribution in [0.1, 0.15) is 32.8 Å². The van der Waals surface area contributed by atoms with E-state index >= 15 is 0 Å². The molecule has 0 aromatic heterocycles. The van der Waals surface area contributed by atoms with Crippen LogP contribution in [0.15, 0.2) is 54.6 Å². The van der Waals surface area contributed by atoms with Crippen LogP contribution in [0.3, 0.4) is 0 Å². The minimum Gasteiger partial charge on any atom is -0.360 e. The summed E-state index contributed by atoms with van der Waals surface area (Å²) in [4.78, 5) is 0. The molecule has 0 saturated heterocycles. The molecule has 0 aliphatic rings. The van der Waals surface area contributed by atoms with Crippen LogP contribution in [-0.2, 0) is 15.4 Å². The lowest BCUT2D eigenvalue weighted by Gasteiger charge is -2.29. The second kappa shape index (κ2) is 8.92. The van der Waals surface area contributed by atoms with E-state index in [-0.39, 0.29) is 11.5 Å². The Hall–Kier alpha value is -2.12. The lowest BCUT2D eigenvalue weighted by atomic mass is 9.79. The highest BCUT2D eigenvalue weighted by Gasteiger charge is 2.23. The topological polar surface area (TPSA) is 61.4 Å². The Labute approximate surface area is 174 Å². The Morgan fingerprint density at radius 3 is 2.39 bits per heavy atom. The first-order chi connectivity index (χ1) is 13.0. The van der Waals surface area contributed by atoms with Gasteiger partial charge in [0.05, 0.1) is 11.9 Å². The van der Waals surface area contributed by atoms with Gasteiger partial charge in [0, 0.05) is 18.8 Å². The van der Waals surface area contributed by atoms with Crippen molar-refractivity contribution < 1.29 is 8.42 Å². The van der Waals surface area contributed by atoms with E-state index in [0.717, 1.165) is 12.1 Å². The van der Waals surface area contributed by atoms with Crippen molar-refractivity contribution in [2.75, 3.05) is 22.9 Å². The lowest BCUT2D eigenvalue weighted by molar-refractivity contribution is 0.420. The number of sulfonamides is 1. The van der Waals surface area contributed by atoms with E-state index in [1.807, 2.05) is 12.1 Å². The van der Waals surface area contributed by atoms with Crippen molar-refractivity contribution in [3.8, 4) is 0 Å². The van der Waals surface area contributed by atoms with Crippen molar-refractivity contribution in [1.29, 1.82) is 0 Å². The summed E-state index contributed by atoms with van der Waals surface area (Å²) in [5.41, 5.74) is 2.62. The van der Waals surface area contributed by atoms with Crippen molar-refractivity contribution in [1.82, 2.24) is 5.32 Å². The van der Waals surface area contributed by atoms with Gasteiger partial charge < -0.3 is 10.6 Å². The summed E-state index contributed by atoms with van der Waals surface area (Å²) in [6, 6.07) is 17.7. The predicted octanol–water partition coefficient (Wildman–Crippen LogP) is 4.13. The van der Waals surface area contributed by atoms with Gasteiger partial charge in [0.25, 0.3) is 0 Å². The molecule has 0 saturated carbocycles. The normalized spacial score (nSPS) is 12.9. The predicted molar refractivity (Wildman–Crippen MR) is 123 cm³/mol. The molecular formula is C21H29N3O2S2. The molecule has 2 N–H and O–H groups in total. The molecular weight excluding hydrogens is 390 g/mol. The van der Waals surface area contributed by atoms with Crippen LogP contribution in [-0.4, -0.2) is 32.9 Å². The van der Waals surface area contributed by atoms with Crippen molar-refractivity contribution >= 4 is 38.7 Å². The van der Waals surface area contributed by atoms with E-state index in [1.54, 1.807) is 18.2 Å². The third kappa shape index (κ3) is 6.21. The number of anilines is 2. The van der Waals surface area contributed by atoms with Gasteiger partial charge in [-0.25, -0.2) is 8.42 Å². The fourth-order valence-corrected chi connectivity index (χ4v) is 4.00. The molecule has 0 bridgehead atoms. The van der Waals surface area contributed by atoms with Crippen molar-refractivity contribution in [3.05, 3.63) is 60.2 Å². The zero-order valence-corrected chi connectivity index (χ0v) is 18.7. The SMILES string of the molecule is C[C@H](CC(C)(C)c1ccccc1)NC(=S)Nc1cccc(N(C)S(C)(=O)=O)c1. The third-order valence-corrected chi connectivity index (χ3v) is 6.14. The van der Waals surface area contributed by atoms with E-state index in [9.17, 15) is 8.42 Å². The summed E-state index contributed by atoms with van der Waals surface area (Å²) in [6.45, 7) is 6.55. The van der Waals surface area contributed by atoms with Gasteiger partial charge in [-0.2, -0.15) is 0 Å². The van der Waals surface area contributed by atoms with Crippen LogP contribution >= 0.6 is 12.2 Å². The number of benzene rings is 2. The smallest absolute Gasteiger partial charge is 0.231 e. The van der Waals surface area contributed by atoms with E-state index in [0.29, 0.717) is 10.8 Å². The third-order valence-electron chi connectivity index (χ3n) is 4.71. The molecule has 0 spiro atoms. The molecule has 7 heteroatoms. The maximum atomic E-state index is 11.7. The Morgan fingerprint density at radius 2 is 1.79 bits per heavy atom. The highest BCUT2D eigenvalue weighted by atomic mass is 32.2. The number of nitrogens with one attached hydrogen (secondary N) is 2. The van der Waals surface area contributed by atoms with Gasteiger partial charge in [0.2, 0.25) is 10.0 Å². The van der Waals surface area contributed by atoms with Crippen molar-refractivity contribution in [2.24, 2.45) is 0 Å². The molecule has 0 radical (unpaired) electrons. The second-order valence-corrected chi connectivity index (χ2v) is 10.2. The molecule has 2 aromatic carbocycles. The van der Waals surface area contributed by atoms with Gasteiger partial charge in [-0.3, -0.25) is 4.31 Å². The first kappa shape index (κ1) is 22.2. The molecule has 2 aromatic rings. The van der Waals surface area contributed by atoms with Crippen molar-refractivity contribution in [2.45, 2.75) is 38.6 Å². The van der Waals surface area contributed by atoms with Crippen LogP contribution in [0.4, 0.5) is 11.4 Å². The van der Waals surface area contributed by atoms with E-state index in [4.69, 9.17) is 12.2 Å². The Bertz CT molecular complexity index is 912. The first-order valence-electron chi connectivity index (χ1n) is 9.16. The highest BCUT2D eigenvalue weighted by molar-refractivity contribution is 7.92. The summed E-state index contributed by atoms with van der Waals surface area (Å²) in [6.07, 6.45) is 2.09. The lowest BCUT2D eigenvalue weighted by Crippen LogP contribution is -2.39. The van der Waals surface area contributed by atoms with E-state index < -0.39 is 10.0 Å². The zero-order chi connectivity index (χ0) is 20.9. The van der Waals surface area contributed by atoms with Gasteiger partial charge in [0.1, 0.15) is 0 Å². The second-order valence-electron chi connectivity index (χ2n) is 7.73. The Kier molecular flexibility index (Phi) is 7.06. The van der Waals surface area contributed by atoms with Gasteiger partial charge >= 0.3 is 0 Å². The zero-order valence-electron chi connectivity index (χ0n) is 17.1. The molecule has 5 nitrogen and oxygen atoms in total. The average molecular weight is 420 g/mol. The number of rotatable bonds is 7. The molecule has 0 fully saturated rings. The van der Waals surface area contributed by atoms with Crippen LogP contribution < -0.4 is 14.9 Å². The molecule has 0 aliphatic heterocycles. The molecule has 0 unspecified atom stereocenters. The van der Waals surface area contributed by atoms with Crippen molar-refractivity contribution in [3.63, 3.8) is 0 Å². The van der Waals surface area contributed by atoms with Crippen LogP contribution in [0.5, 0.6) is 0 Å². The number of thiocarbonyl (C=S) groups is 1. The molecule has 152 valence electrons. The van der Waals surface area contributed by atoms with Crippen LogP contribution in [0.25, 0.3) is 0 Å². The maximum absolute atomic E-state index is 11.7. The summed E-state index contributed by atoms with van der Waals surface area (Å²) in [5, 5.41) is 6.98. The molecule has 0 amide bonds. The largest absolute Gasteiger partial charge is 0.360 e. The minimum absolute atomic E-state index is 0.0153. The van der Waals surface area contributed by atoms with Crippen LogP contribution in [0, 0.1) is 0 Å². The first-order valence-corrected chi connectivity index (χ1v) is 11.4. The van der Waals surface area contributed by atoms with E-state index in [2.05, 4.69) is 55.7 Å². The standard InChI is InChI=1S/C21H29N3O2S2/c1-16(15-21(2,3)17-10-7-6-8-11-17)22-20(27)23-18-12-9-13-19(14-18)24(4)28(5,25)26/h6-14,16H,15H2,1-5H3,(H2,22,23,27)/t16-/m1/s1. The molecule has 0 heterocycles. The molecule has 2 rings (SSSR count). The Balaban J connectivity index is 1.98. The number of hydrogen-bond acceptors (Lipinski definition) is 3. The molecule has 1 atom stereocenters. The quantitative estimate of drug-likeness (QED) is 0.661. The van der Waals surface area contributed by atoms with E-state index in [1.165, 1.54) is 23.2 Å². The molecule has 0 aliphatic carbocycles. The number of hydrogen-bond donors (Lipinski definition) is 2. The fourth-order valence-electron chi connectivity index (χ4n) is 3.19. The van der Waals surface area contributed by atoms with Gasteiger partial charge in [0.15, 0.2) is 5.11 Å². The maximum Gasteiger partial charge on any atom is 0.231 e. The van der Waals surface area contributed by atoms with Gasteiger partial charge in [-0.1, -0.05) is 50.2 Å². The minimum atomic E-state index is -3.31. The average Bonchev–Trinajstić information content (AvgIpc) is 2.60. The van der Waals surface area contributed by atoms with Gasteiger partial charge in [-0.15, -0.1) is 0 Å². The summed E-state index contributed by atoms with van der Waals surface area (Å²) >= 11 is 5.45. The fraction of sp³-hybridized carbons (Fsp3) is 0.381. The van der Waals surface area contributed by atoms with Gasteiger partial charge in [-0.05, 0) is 54.7 Å². The molecule has 28 heavy (non-hydrogen) atoms. The summed E-state index contributed by atoms with van der Waals surface area (Å²) in [7, 11) is -1.78.